The highest BCUT2D eigenvalue weighted by Gasteiger charge is 2.41. The van der Waals surface area contributed by atoms with E-state index in [2.05, 4.69) is 86.7 Å². The van der Waals surface area contributed by atoms with Crippen LogP contribution in [0.15, 0.2) is 72.8 Å². The minimum absolute atomic E-state index is 0.0154. The maximum atomic E-state index is 2.46. The Morgan fingerprint density at radius 2 is 1.64 bits per heavy atom. The SMILES string of the molecule is Cc1ccc2c(c1)C1(C=CCC=CC1)c1cc(C)c3ccccc3c1-2. The van der Waals surface area contributed by atoms with Gasteiger partial charge in [-0.3, -0.25) is 0 Å². The lowest BCUT2D eigenvalue weighted by atomic mass is 9.74. The number of hydrogen-bond acceptors (Lipinski definition) is 0. The van der Waals surface area contributed by atoms with Crippen molar-refractivity contribution in [1.82, 2.24) is 0 Å². The molecule has 0 bridgehead atoms. The van der Waals surface area contributed by atoms with Crippen molar-refractivity contribution in [3.05, 3.63) is 95.1 Å². The molecule has 0 aromatic heterocycles. The number of hydrogen-bond donors (Lipinski definition) is 0. The van der Waals surface area contributed by atoms with Crippen molar-refractivity contribution in [2.24, 2.45) is 0 Å². The summed E-state index contributed by atoms with van der Waals surface area (Å²) in [6.45, 7) is 4.46. The van der Waals surface area contributed by atoms with Crippen molar-refractivity contribution in [2.45, 2.75) is 32.1 Å². The Balaban J connectivity index is 1.97. The molecule has 2 aliphatic rings. The summed E-state index contributed by atoms with van der Waals surface area (Å²) in [5.41, 5.74) is 8.51. The molecule has 0 aliphatic heterocycles. The van der Waals surface area contributed by atoms with Crippen LogP contribution in [0, 0.1) is 13.8 Å². The zero-order valence-corrected chi connectivity index (χ0v) is 14.8. The molecule has 0 heterocycles. The van der Waals surface area contributed by atoms with Crippen LogP contribution >= 0.6 is 0 Å². The van der Waals surface area contributed by atoms with Crippen LogP contribution in [0.5, 0.6) is 0 Å². The minimum Gasteiger partial charge on any atom is -0.0867 e. The number of fused-ring (bicyclic) bond motifs is 7. The highest BCUT2D eigenvalue weighted by molar-refractivity contribution is 6.04. The molecule has 0 heteroatoms. The predicted molar refractivity (Wildman–Crippen MR) is 107 cm³/mol. The van der Waals surface area contributed by atoms with E-state index in [0.717, 1.165) is 12.8 Å². The quantitative estimate of drug-likeness (QED) is 0.407. The maximum Gasteiger partial charge on any atom is 0.0429 e. The third-order valence-electron chi connectivity index (χ3n) is 5.94. The molecule has 2 aliphatic carbocycles. The Bertz CT molecular complexity index is 1060. The topological polar surface area (TPSA) is 0 Å². The van der Waals surface area contributed by atoms with Crippen LogP contribution in [0.25, 0.3) is 21.9 Å². The summed E-state index contributed by atoms with van der Waals surface area (Å²) in [5, 5.41) is 2.76. The van der Waals surface area contributed by atoms with Crippen molar-refractivity contribution < 1.29 is 0 Å². The zero-order valence-electron chi connectivity index (χ0n) is 14.8. The van der Waals surface area contributed by atoms with Crippen LogP contribution in [0.1, 0.15) is 35.1 Å². The number of aryl methyl sites for hydroxylation is 2. The van der Waals surface area contributed by atoms with E-state index in [-0.39, 0.29) is 5.41 Å². The van der Waals surface area contributed by atoms with Gasteiger partial charge in [-0.05, 0) is 65.3 Å². The molecule has 1 atom stereocenters. The van der Waals surface area contributed by atoms with Gasteiger partial charge in [0.25, 0.3) is 0 Å². The smallest absolute Gasteiger partial charge is 0.0429 e. The molecule has 0 saturated carbocycles. The van der Waals surface area contributed by atoms with Crippen molar-refractivity contribution in [3.8, 4) is 11.1 Å². The Hall–Kier alpha value is -2.60. The molecule has 122 valence electrons. The van der Waals surface area contributed by atoms with Gasteiger partial charge in [0.2, 0.25) is 0 Å². The van der Waals surface area contributed by atoms with Gasteiger partial charge >= 0.3 is 0 Å². The number of rotatable bonds is 0. The molecular weight excluding hydrogens is 300 g/mol. The Kier molecular flexibility index (Phi) is 3.06. The summed E-state index contributed by atoms with van der Waals surface area (Å²) < 4.78 is 0. The lowest BCUT2D eigenvalue weighted by Gasteiger charge is -2.28. The molecule has 3 aromatic rings. The zero-order chi connectivity index (χ0) is 17.0. The van der Waals surface area contributed by atoms with Crippen LogP contribution in [0.2, 0.25) is 0 Å². The molecule has 0 N–H and O–H groups in total. The molecule has 1 spiro atoms. The van der Waals surface area contributed by atoms with Gasteiger partial charge in [-0.25, -0.2) is 0 Å². The van der Waals surface area contributed by atoms with Crippen molar-refractivity contribution in [2.75, 3.05) is 0 Å². The van der Waals surface area contributed by atoms with Crippen LogP contribution in [-0.2, 0) is 5.41 Å². The van der Waals surface area contributed by atoms with Gasteiger partial charge in [-0.1, -0.05) is 78.4 Å². The third-order valence-corrected chi connectivity index (χ3v) is 5.94. The molecule has 0 amide bonds. The molecule has 0 saturated heterocycles. The summed E-state index contributed by atoms with van der Waals surface area (Å²) in [6.07, 6.45) is 11.6. The van der Waals surface area contributed by atoms with Gasteiger partial charge in [-0.2, -0.15) is 0 Å². The Morgan fingerprint density at radius 1 is 0.800 bits per heavy atom. The van der Waals surface area contributed by atoms with E-state index in [1.807, 2.05) is 0 Å². The molecular formula is C25H22. The van der Waals surface area contributed by atoms with E-state index >= 15 is 0 Å². The second-order valence-electron chi connectivity index (χ2n) is 7.50. The van der Waals surface area contributed by atoms with E-state index in [1.165, 1.54) is 44.2 Å². The van der Waals surface area contributed by atoms with E-state index in [1.54, 1.807) is 0 Å². The first-order chi connectivity index (χ1) is 12.2. The van der Waals surface area contributed by atoms with Crippen LogP contribution in [0.3, 0.4) is 0 Å². The fourth-order valence-corrected chi connectivity index (χ4v) is 4.77. The second-order valence-corrected chi connectivity index (χ2v) is 7.50. The average Bonchev–Trinajstić information content (AvgIpc) is 2.78. The number of benzene rings is 3. The van der Waals surface area contributed by atoms with Gasteiger partial charge in [-0.15, -0.1) is 0 Å². The van der Waals surface area contributed by atoms with Gasteiger partial charge in [0.1, 0.15) is 0 Å². The monoisotopic (exact) mass is 322 g/mol. The van der Waals surface area contributed by atoms with Crippen molar-refractivity contribution in [3.63, 3.8) is 0 Å². The van der Waals surface area contributed by atoms with Gasteiger partial charge in [0.15, 0.2) is 0 Å². The number of allylic oxidation sites excluding steroid dienone is 4. The van der Waals surface area contributed by atoms with Crippen molar-refractivity contribution in [1.29, 1.82) is 0 Å². The van der Waals surface area contributed by atoms with Gasteiger partial charge in [0.05, 0.1) is 0 Å². The minimum atomic E-state index is -0.0154. The summed E-state index contributed by atoms with van der Waals surface area (Å²) in [4.78, 5) is 0. The first-order valence-corrected chi connectivity index (χ1v) is 9.18. The van der Waals surface area contributed by atoms with Crippen LogP contribution in [0.4, 0.5) is 0 Å². The largest absolute Gasteiger partial charge is 0.0867 e. The Labute approximate surface area is 149 Å². The van der Waals surface area contributed by atoms with E-state index in [9.17, 15) is 0 Å². The molecule has 0 radical (unpaired) electrons. The lowest BCUT2D eigenvalue weighted by Crippen LogP contribution is -2.21. The summed E-state index contributed by atoms with van der Waals surface area (Å²) in [5.74, 6) is 0. The van der Waals surface area contributed by atoms with Gasteiger partial charge < -0.3 is 0 Å². The lowest BCUT2D eigenvalue weighted by molar-refractivity contribution is 0.674. The predicted octanol–water partition coefficient (Wildman–Crippen LogP) is 6.63. The van der Waals surface area contributed by atoms with Crippen molar-refractivity contribution >= 4 is 10.8 Å². The highest BCUT2D eigenvalue weighted by atomic mass is 14.4. The molecule has 0 fully saturated rings. The molecule has 0 nitrogen and oxygen atoms in total. The summed E-state index contributed by atoms with van der Waals surface area (Å²) >= 11 is 0. The summed E-state index contributed by atoms with van der Waals surface area (Å²) in [6, 6.07) is 18.3. The normalized spacial score (nSPS) is 20.7. The van der Waals surface area contributed by atoms with Gasteiger partial charge in [0, 0.05) is 5.41 Å². The third kappa shape index (κ3) is 1.94. The molecule has 5 rings (SSSR count). The van der Waals surface area contributed by atoms with E-state index in [4.69, 9.17) is 0 Å². The molecule has 1 unspecified atom stereocenters. The maximum absolute atomic E-state index is 2.46. The van der Waals surface area contributed by atoms with E-state index in [0.29, 0.717) is 0 Å². The molecule has 3 aromatic carbocycles. The van der Waals surface area contributed by atoms with Crippen LogP contribution < -0.4 is 0 Å². The van der Waals surface area contributed by atoms with E-state index < -0.39 is 0 Å². The highest BCUT2D eigenvalue weighted by Crippen LogP contribution is 2.55. The molecule has 25 heavy (non-hydrogen) atoms. The van der Waals surface area contributed by atoms with Crippen LogP contribution in [-0.4, -0.2) is 0 Å². The first kappa shape index (κ1) is 14.7. The summed E-state index contributed by atoms with van der Waals surface area (Å²) in [7, 11) is 0. The standard InChI is InChI=1S/C25H22/c1-17-11-12-21-22(15-17)25(13-7-3-4-8-14-25)23-16-18(2)19-9-5-6-10-20(19)24(21)23/h3,5-12,14-16H,4,13H2,1-2H3. The first-order valence-electron chi connectivity index (χ1n) is 9.18. The fourth-order valence-electron chi connectivity index (χ4n) is 4.77. The second kappa shape index (κ2) is 5.20. The average molecular weight is 322 g/mol. The fraction of sp³-hybridized carbons (Fsp3) is 0.200. The Morgan fingerprint density at radius 3 is 2.52 bits per heavy atom.